The van der Waals surface area contributed by atoms with Crippen molar-refractivity contribution in [3.05, 3.63) is 35.0 Å². The van der Waals surface area contributed by atoms with Crippen molar-refractivity contribution in [1.82, 2.24) is 20.2 Å². The average Bonchev–Trinajstić information content (AvgIpc) is 3.13. The fourth-order valence-electron chi connectivity index (χ4n) is 4.95. The fraction of sp³-hybridized carbons (Fsp3) is 0.400. The predicted molar refractivity (Wildman–Crippen MR) is 103 cm³/mol. The molecule has 156 valence electrons. The number of hydrogen-bond donors (Lipinski definition) is 2. The van der Waals surface area contributed by atoms with E-state index in [-0.39, 0.29) is 29.0 Å². The van der Waals surface area contributed by atoms with E-state index in [4.69, 9.17) is 11.6 Å². The number of aromatic nitrogens is 4. The number of hydrogen-bond acceptors (Lipinski definition) is 6. The van der Waals surface area contributed by atoms with Gasteiger partial charge in [-0.05, 0) is 43.6 Å². The molecule has 3 aliphatic carbocycles. The zero-order chi connectivity index (χ0) is 21.0. The summed E-state index contributed by atoms with van der Waals surface area (Å²) in [5, 5.41) is 22.2. The summed E-state index contributed by atoms with van der Waals surface area (Å²) in [4.78, 5) is 20.0. The Labute approximate surface area is 174 Å². The Morgan fingerprint density at radius 1 is 1.17 bits per heavy atom. The highest BCUT2D eigenvalue weighted by Crippen LogP contribution is 2.46. The number of carboxylic acid groups (broad SMARTS) is 1. The first-order valence-electron chi connectivity index (χ1n) is 9.76. The Kier molecular flexibility index (Phi) is 4.57. The van der Waals surface area contributed by atoms with E-state index in [9.17, 15) is 18.7 Å². The van der Waals surface area contributed by atoms with Crippen molar-refractivity contribution in [2.45, 2.75) is 31.7 Å². The monoisotopic (exact) mass is 432 g/mol. The van der Waals surface area contributed by atoms with Crippen molar-refractivity contribution in [3.63, 3.8) is 0 Å². The third-order valence-electron chi connectivity index (χ3n) is 6.34. The summed E-state index contributed by atoms with van der Waals surface area (Å²) in [6, 6.07) is 1.77. The number of anilines is 1. The van der Waals surface area contributed by atoms with Crippen LogP contribution in [0.15, 0.2) is 18.3 Å². The number of aromatic amines is 1. The number of rotatable bonds is 4. The number of halogens is 3. The van der Waals surface area contributed by atoms with E-state index in [0.29, 0.717) is 16.1 Å². The summed E-state index contributed by atoms with van der Waals surface area (Å²) in [5.41, 5.74) is 0.370. The molecule has 7 nitrogen and oxygen atoms in total. The molecule has 3 fully saturated rings. The number of carboxylic acids is 1. The molecule has 0 spiro atoms. The molecule has 2 atom stereocenters. The molecule has 3 saturated carbocycles. The standard InChI is InChI=1S/C20H18ClF2N5O2/c21-10-5-11-16(27-28-18(11)24-7-10)17-12(22)6-13(23)19(26-17)25-15-9-3-1-8(2-4-9)14(15)20(29)30/h5-9,14-15H,1-4H2,(H,25,26)(H,29,30)(H,24,27,28)/p-1/t8?,9?,14-,15-/m0/s1. The van der Waals surface area contributed by atoms with Gasteiger partial charge in [0, 0.05) is 35.6 Å². The zero-order valence-corrected chi connectivity index (χ0v) is 16.4. The van der Waals surface area contributed by atoms with Crippen molar-refractivity contribution >= 4 is 34.4 Å². The van der Waals surface area contributed by atoms with E-state index in [1.54, 1.807) is 6.07 Å². The van der Waals surface area contributed by atoms with E-state index >= 15 is 0 Å². The van der Waals surface area contributed by atoms with E-state index in [1.807, 2.05) is 0 Å². The molecule has 0 aromatic carbocycles. The highest BCUT2D eigenvalue weighted by atomic mass is 35.5. The molecule has 10 heteroatoms. The molecule has 0 radical (unpaired) electrons. The van der Waals surface area contributed by atoms with Crippen molar-refractivity contribution in [2.24, 2.45) is 17.8 Å². The molecular formula is C20H17ClF2N5O2-. The first kappa shape index (κ1) is 19.2. The summed E-state index contributed by atoms with van der Waals surface area (Å²) in [6.07, 6.45) is 4.77. The Morgan fingerprint density at radius 3 is 2.63 bits per heavy atom. The second-order valence-electron chi connectivity index (χ2n) is 7.96. The molecule has 3 aliphatic rings. The molecule has 6 rings (SSSR count). The molecule has 3 heterocycles. The van der Waals surface area contributed by atoms with Gasteiger partial charge in [0.25, 0.3) is 0 Å². The van der Waals surface area contributed by atoms with Gasteiger partial charge in [-0.3, -0.25) is 5.10 Å². The number of carbonyl (C=O) groups excluding carboxylic acids is 1. The third kappa shape index (κ3) is 3.08. The number of H-pyrrole nitrogens is 1. The molecular weight excluding hydrogens is 416 g/mol. The molecule has 0 unspecified atom stereocenters. The van der Waals surface area contributed by atoms with Crippen LogP contribution < -0.4 is 10.4 Å². The third-order valence-corrected chi connectivity index (χ3v) is 6.54. The number of nitrogens with zero attached hydrogens (tertiary/aromatic N) is 3. The molecule has 3 aromatic rings. The lowest BCUT2D eigenvalue weighted by molar-refractivity contribution is -0.316. The van der Waals surface area contributed by atoms with Crippen LogP contribution in [0.1, 0.15) is 25.7 Å². The van der Waals surface area contributed by atoms with Crippen LogP contribution in [0.5, 0.6) is 0 Å². The molecule has 0 saturated heterocycles. The van der Waals surface area contributed by atoms with Crippen LogP contribution in [0.2, 0.25) is 5.02 Å². The summed E-state index contributed by atoms with van der Waals surface area (Å²) in [6.45, 7) is 0. The normalized spacial score (nSPS) is 25.6. The highest BCUT2D eigenvalue weighted by Gasteiger charge is 2.44. The van der Waals surface area contributed by atoms with Gasteiger partial charge in [0.15, 0.2) is 23.1 Å². The van der Waals surface area contributed by atoms with E-state index < -0.39 is 29.6 Å². The van der Waals surface area contributed by atoms with Crippen LogP contribution in [-0.2, 0) is 4.79 Å². The van der Waals surface area contributed by atoms with Gasteiger partial charge in [-0.15, -0.1) is 0 Å². The predicted octanol–water partition coefficient (Wildman–Crippen LogP) is 2.92. The number of carbonyl (C=O) groups is 1. The zero-order valence-electron chi connectivity index (χ0n) is 15.7. The van der Waals surface area contributed by atoms with Gasteiger partial charge >= 0.3 is 0 Å². The minimum atomic E-state index is -1.15. The van der Waals surface area contributed by atoms with Crippen LogP contribution in [0.3, 0.4) is 0 Å². The van der Waals surface area contributed by atoms with Crippen LogP contribution in [0.4, 0.5) is 14.6 Å². The Balaban J connectivity index is 1.55. The SMILES string of the molecule is O=C([O-])[C@H]1C2CCC(CC2)[C@@H]1Nc1nc(-c2[nH]nc3ncc(Cl)cc23)c(F)cc1F. The van der Waals surface area contributed by atoms with E-state index in [2.05, 4.69) is 25.5 Å². The quantitative estimate of drug-likeness (QED) is 0.656. The lowest BCUT2D eigenvalue weighted by Gasteiger charge is -2.49. The van der Waals surface area contributed by atoms with Crippen LogP contribution >= 0.6 is 11.6 Å². The van der Waals surface area contributed by atoms with Gasteiger partial charge in [0.2, 0.25) is 0 Å². The summed E-state index contributed by atoms with van der Waals surface area (Å²) >= 11 is 5.99. The highest BCUT2D eigenvalue weighted by molar-refractivity contribution is 6.31. The fourth-order valence-corrected chi connectivity index (χ4v) is 5.11. The average molecular weight is 433 g/mol. The van der Waals surface area contributed by atoms with Crippen molar-refractivity contribution < 1.29 is 18.7 Å². The first-order chi connectivity index (χ1) is 14.4. The Hall–Kier alpha value is -2.81. The number of pyridine rings is 2. The van der Waals surface area contributed by atoms with Crippen molar-refractivity contribution in [1.29, 1.82) is 0 Å². The lowest BCUT2D eigenvalue weighted by atomic mass is 9.61. The summed E-state index contributed by atoms with van der Waals surface area (Å²) < 4.78 is 29.2. The molecule has 2 bridgehead atoms. The van der Waals surface area contributed by atoms with E-state index in [1.165, 1.54) is 6.20 Å². The molecule has 0 aliphatic heterocycles. The molecule has 0 amide bonds. The van der Waals surface area contributed by atoms with Gasteiger partial charge in [-0.2, -0.15) is 5.10 Å². The summed E-state index contributed by atoms with van der Waals surface area (Å²) in [5.74, 6) is -3.80. The summed E-state index contributed by atoms with van der Waals surface area (Å²) in [7, 11) is 0. The van der Waals surface area contributed by atoms with Crippen LogP contribution in [0.25, 0.3) is 22.4 Å². The largest absolute Gasteiger partial charge is 0.550 e. The van der Waals surface area contributed by atoms with Crippen LogP contribution in [0, 0.1) is 29.4 Å². The van der Waals surface area contributed by atoms with Gasteiger partial charge < -0.3 is 15.2 Å². The number of aliphatic carboxylic acids is 1. The maximum atomic E-state index is 14.6. The van der Waals surface area contributed by atoms with E-state index in [0.717, 1.165) is 31.7 Å². The maximum Gasteiger partial charge on any atom is 0.181 e. The minimum Gasteiger partial charge on any atom is -0.550 e. The second kappa shape index (κ2) is 7.16. The molecule has 2 N–H and O–H groups in total. The van der Waals surface area contributed by atoms with Gasteiger partial charge in [-0.25, -0.2) is 18.7 Å². The smallest absolute Gasteiger partial charge is 0.181 e. The van der Waals surface area contributed by atoms with Crippen LogP contribution in [-0.4, -0.2) is 32.2 Å². The molecule has 3 aromatic heterocycles. The second-order valence-corrected chi connectivity index (χ2v) is 8.40. The van der Waals surface area contributed by atoms with Gasteiger partial charge in [0.1, 0.15) is 5.69 Å². The number of fused-ring (bicyclic) bond motifs is 4. The topological polar surface area (TPSA) is 107 Å². The first-order valence-corrected chi connectivity index (χ1v) is 10.1. The van der Waals surface area contributed by atoms with Crippen molar-refractivity contribution in [3.8, 4) is 11.4 Å². The van der Waals surface area contributed by atoms with Crippen molar-refractivity contribution in [2.75, 3.05) is 5.32 Å². The molecule has 30 heavy (non-hydrogen) atoms. The maximum absolute atomic E-state index is 14.6. The van der Waals surface area contributed by atoms with Gasteiger partial charge in [0.05, 0.1) is 10.7 Å². The number of nitrogens with one attached hydrogen (secondary N) is 2. The minimum absolute atomic E-state index is 0.00903. The Morgan fingerprint density at radius 2 is 1.90 bits per heavy atom. The van der Waals surface area contributed by atoms with Gasteiger partial charge in [-0.1, -0.05) is 11.6 Å². The lowest BCUT2D eigenvalue weighted by Crippen LogP contribution is -2.55. The Bertz CT molecular complexity index is 1150.